The molecule has 100 valence electrons. The molecule has 7 heteroatoms. The van der Waals surface area contributed by atoms with Gasteiger partial charge in [0.1, 0.15) is 0 Å². The van der Waals surface area contributed by atoms with Crippen LogP contribution in [0.15, 0.2) is 32.1 Å². The molecular weight excluding hydrogens is 332 g/mol. The van der Waals surface area contributed by atoms with E-state index < -0.39 is 5.97 Å². The summed E-state index contributed by atoms with van der Waals surface area (Å²) in [7, 11) is 0. The Kier molecular flexibility index (Phi) is 4.60. The quantitative estimate of drug-likeness (QED) is 0.839. The highest BCUT2D eigenvalue weighted by molar-refractivity contribution is 9.10. The Morgan fingerprint density at radius 2 is 2.32 bits per heavy atom. The second-order valence-corrected chi connectivity index (χ2v) is 5.63. The van der Waals surface area contributed by atoms with Gasteiger partial charge < -0.3 is 9.63 Å². The lowest BCUT2D eigenvalue weighted by Gasteiger charge is -2.04. The normalized spacial score (nSPS) is 10.6. The van der Waals surface area contributed by atoms with Crippen LogP contribution < -0.4 is 0 Å². The molecule has 0 aliphatic carbocycles. The molecule has 5 nitrogen and oxygen atoms in total. The Morgan fingerprint density at radius 1 is 1.53 bits per heavy atom. The van der Waals surface area contributed by atoms with Crippen LogP contribution in [0.1, 0.15) is 29.0 Å². The topological polar surface area (TPSA) is 76.2 Å². The predicted octanol–water partition coefficient (Wildman–Crippen LogP) is 3.39. The largest absolute Gasteiger partial charge is 0.478 e. The lowest BCUT2D eigenvalue weighted by molar-refractivity contribution is 0.0693. The van der Waals surface area contributed by atoms with Crippen LogP contribution in [0.3, 0.4) is 0 Å². The minimum absolute atomic E-state index is 0.267. The molecule has 0 radical (unpaired) electrons. The van der Waals surface area contributed by atoms with Gasteiger partial charge in [0.2, 0.25) is 5.89 Å². The molecule has 2 aromatic rings. The van der Waals surface area contributed by atoms with Crippen molar-refractivity contribution >= 4 is 33.7 Å². The molecule has 19 heavy (non-hydrogen) atoms. The van der Waals surface area contributed by atoms with Gasteiger partial charge in [0, 0.05) is 15.8 Å². The molecule has 2 rings (SSSR count). The molecule has 0 aliphatic rings. The fourth-order valence-electron chi connectivity index (χ4n) is 1.42. The number of aromatic carboxylic acids is 1. The minimum Gasteiger partial charge on any atom is -0.478 e. The highest BCUT2D eigenvalue weighted by atomic mass is 79.9. The molecular formula is C12H11BrN2O3S. The van der Waals surface area contributed by atoms with E-state index in [-0.39, 0.29) is 5.56 Å². The molecule has 0 fully saturated rings. The summed E-state index contributed by atoms with van der Waals surface area (Å²) in [5, 5.41) is 12.9. The van der Waals surface area contributed by atoms with Gasteiger partial charge in [-0.25, -0.2) is 4.79 Å². The van der Waals surface area contributed by atoms with E-state index in [9.17, 15) is 4.79 Å². The van der Waals surface area contributed by atoms with Gasteiger partial charge >= 0.3 is 5.97 Å². The van der Waals surface area contributed by atoms with Gasteiger partial charge in [-0.05, 0) is 18.2 Å². The maximum Gasteiger partial charge on any atom is 0.336 e. The first kappa shape index (κ1) is 14.1. The molecule has 0 unspecified atom stereocenters. The molecule has 1 aromatic carbocycles. The zero-order valence-corrected chi connectivity index (χ0v) is 12.5. The van der Waals surface area contributed by atoms with E-state index in [1.807, 2.05) is 6.92 Å². The number of thioether (sulfide) groups is 1. The second-order valence-electron chi connectivity index (χ2n) is 3.69. The molecule has 0 bridgehead atoms. The maximum absolute atomic E-state index is 11.1. The van der Waals surface area contributed by atoms with Crippen LogP contribution >= 0.6 is 27.7 Å². The van der Waals surface area contributed by atoms with Crippen LogP contribution in [0.5, 0.6) is 0 Å². The highest BCUT2D eigenvalue weighted by Crippen LogP contribution is 2.29. The summed E-state index contributed by atoms with van der Waals surface area (Å²) in [6, 6.07) is 5.04. The minimum atomic E-state index is -0.949. The molecule has 0 saturated carbocycles. The first-order valence-corrected chi connectivity index (χ1v) is 7.35. The standard InChI is InChI=1S/C12H11BrN2O3S/c1-2-10-14-11(18-15-10)6-19-9-5-7(13)3-4-8(9)12(16)17/h3-5H,2,6H2,1H3,(H,16,17). The van der Waals surface area contributed by atoms with E-state index in [4.69, 9.17) is 9.63 Å². The zero-order chi connectivity index (χ0) is 13.8. The fourth-order valence-corrected chi connectivity index (χ4v) is 2.85. The number of rotatable bonds is 5. The Hall–Kier alpha value is -1.34. The van der Waals surface area contributed by atoms with Crippen molar-refractivity contribution in [1.29, 1.82) is 0 Å². The van der Waals surface area contributed by atoms with Crippen molar-refractivity contribution in [3.05, 3.63) is 40.0 Å². The highest BCUT2D eigenvalue weighted by Gasteiger charge is 2.13. The summed E-state index contributed by atoms with van der Waals surface area (Å²) >= 11 is 4.69. The van der Waals surface area contributed by atoms with Crippen molar-refractivity contribution in [2.45, 2.75) is 24.0 Å². The Bertz CT molecular complexity index is 600. The average Bonchev–Trinajstić information content (AvgIpc) is 2.84. The molecule has 0 spiro atoms. The van der Waals surface area contributed by atoms with Crippen LogP contribution in [0.4, 0.5) is 0 Å². The van der Waals surface area contributed by atoms with Crippen LogP contribution in [0.25, 0.3) is 0 Å². The number of carboxylic acids is 1. The summed E-state index contributed by atoms with van der Waals surface area (Å²) in [5.41, 5.74) is 0.267. The summed E-state index contributed by atoms with van der Waals surface area (Å²) in [4.78, 5) is 16.0. The number of benzene rings is 1. The SMILES string of the molecule is CCc1noc(CSc2cc(Br)ccc2C(=O)O)n1. The third-order valence-corrected chi connectivity index (χ3v) is 3.88. The number of carbonyl (C=O) groups is 1. The number of hydrogen-bond acceptors (Lipinski definition) is 5. The molecule has 1 aromatic heterocycles. The van der Waals surface area contributed by atoms with E-state index in [0.29, 0.717) is 28.8 Å². The van der Waals surface area contributed by atoms with Gasteiger partial charge in [0.25, 0.3) is 0 Å². The Labute approximate surface area is 122 Å². The Balaban J connectivity index is 2.14. The number of halogens is 1. The molecule has 1 N–H and O–H groups in total. The average molecular weight is 343 g/mol. The van der Waals surface area contributed by atoms with Gasteiger partial charge in [-0.15, -0.1) is 11.8 Å². The van der Waals surface area contributed by atoms with E-state index >= 15 is 0 Å². The second kappa shape index (κ2) is 6.21. The zero-order valence-electron chi connectivity index (χ0n) is 10.1. The number of nitrogens with zero attached hydrogens (tertiary/aromatic N) is 2. The number of aryl methyl sites for hydroxylation is 1. The van der Waals surface area contributed by atoms with E-state index in [1.165, 1.54) is 11.8 Å². The van der Waals surface area contributed by atoms with Gasteiger partial charge in [-0.2, -0.15) is 4.98 Å². The van der Waals surface area contributed by atoms with E-state index in [0.717, 1.165) is 4.47 Å². The number of hydrogen-bond donors (Lipinski definition) is 1. The summed E-state index contributed by atoms with van der Waals surface area (Å²) in [6.07, 6.45) is 0.714. The molecule has 1 heterocycles. The third-order valence-electron chi connectivity index (χ3n) is 2.35. The van der Waals surface area contributed by atoms with E-state index in [1.54, 1.807) is 18.2 Å². The van der Waals surface area contributed by atoms with Crippen LogP contribution in [0.2, 0.25) is 0 Å². The van der Waals surface area contributed by atoms with E-state index in [2.05, 4.69) is 26.1 Å². The molecule has 0 atom stereocenters. The molecule has 0 amide bonds. The smallest absolute Gasteiger partial charge is 0.336 e. The molecule has 0 aliphatic heterocycles. The van der Waals surface area contributed by atoms with Gasteiger partial charge in [-0.3, -0.25) is 0 Å². The lowest BCUT2D eigenvalue weighted by Crippen LogP contribution is -1.98. The first-order valence-electron chi connectivity index (χ1n) is 5.57. The third kappa shape index (κ3) is 3.57. The summed E-state index contributed by atoms with van der Waals surface area (Å²) in [5.74, 6) is 0.653. The predicted molar refractivity (Wildman–Crippen MR) is 74.3 cm³/mol. The number of aromatic nitrogens is 2. The van der Waals surface area contributed by atoms with Crippen LogP contribution in [-0.4, -0.2) is 21.2 Å². The summed E-state index contributed by atoms with van der Waals surface area (Å²) < 4.78 is 5.90. The number of carboxylic acid groups (broad SMARTS) is 1. The van der Waals surface area contributed by atoms with Crippen molar-refractivity contribution in [1.82, 2.24) is 10.1 Å². The fraction of sp³-hybridized carbons (Fsp3) is 0.250. The van der Waals surface area contributed by atoms with Gasteiger partial charge in [0.15, 0.2) is 5.82 Å². The first-order chi connectivity index (χ1) is 9.10. The van der Waals surface area contributed by atoms with Gasteiger partial charge in [0.05, 0.1) is 11.3 Å². The van der Waals surface area contributed by atoms with Crippen molar-refractivity contribution in [2.24, 2.45) is 0 Å². The van der Waals surface area contributed by atoms with Crippen molar-refractivity contribution in [3.8, 4) is 0 Å². The van der Waals surface area contributed by atoms with Crippen LogP contribution in [0, 0.1) is 0 Å². The summed E-state index contributed by atoms with van der Waals surface area (Å²) in [6.45, 7) is 1.94. The maximum atomic E-state index is 11.1. The van der Waals surface area contributed by atoms with Crippen molar-refractivity contribution < 1.29 is 14.4 Å². The lowest BCUT2D eigenvalue weighted by atomic mass is 10.2. The molecule has 0 saturated heterocycles. The Morgan fingerprint density at radius 3 is 2.95 bits per heavy atom. The van der Waals surface area contributed by atoms with Gasteiger partial charge in [-0.1, -0.05) is 28.0 Å². The monoisotopic (exact) mass is 342 g/mol. The van der Waals surface area contributed by atoms with Crippen molar-refractivity contribution in [3.63, 3.8) is 0 Å². The van der Waals surface area contributed by atoms with Crippen molar-refractivity contribution in [2.75, 3.05) is 0 Å². The van der Waals surface area contributed by atoms with Crippen LogP contribution in [-0.2, 0) is 12.2 Å².